The van der Waals surface area contributed by atoms with Gasteiger partial charge in [0.1, 0.15) is 0 Å². The third-order valence-corrected chi connectivity index (χ3v) is 9.48. The van der Waals surface area contributed by atoms with Gasteiger partial charge in [0.05, 0.1) is 33.8 Å². The van der Waals surface area contributed by atoms with Gasteiger partial charge in [0.15, 0.2) is 0 Å². The molecule has 0 unspecified atom stereocenters. The normalized spacial score (nSPS) is 11.5. The first-order valence-corrected chi connectivity index (χ1v) is 16.2. The zero-order valence-electron chi connectivity index (χ0n) is 26.6. The van der Waals surface area contributed by atoms with Crippen LogP contribution in [-0.2, 0) is 0 Å². The molecule has 0 aliphatic heterocycles. The molecule has 0 fully saturated rings. The van der Waals surface area contributed by atoms with E-state index >= 15 is 0 Å². The lowest BCUT2D eigenvalue weighted by Crippen LogP contribution is -1.99. The molecule has 0 bridgehead atoms. The van der Waals surface area contributed by atoms with Crippen molar-refractivity contribution in [1.82, 2.24) is 19.9 Å². The first-order chi connectivity index (χ1) is 23.7. The van der Waals surface area contributed by atoms with E-state index in [4.69, 9.17) is 9.97 Å². The lowest BCUT2D eigenvalue weighted by atomic mass is 9.85. The molecule has 48 heavy (non-hydrogen) atoms. The van der Waals surface area contributed by atoms with Crippen LogP contribution in [0.25, 0.3) is 88.4 Å². The van der Waals surface area contributed by atoms with E-state index in [1.165, 1.54) is 32.7 Å². The van der Waals surface area contributed by atoms with Gasteiger partial charge in [0.25, 0.3) is 0 Å². The van der Waals surface area contributed by atoms with E-state index in [0.29, 0.717) is 0 Å². The molecule has 0 aliphatic carbocycles. The molecule has 9 rings (SSSR count). The predicted octanol–water partition coefficient (Wildman–Crippen LogP) is 11.2. The molecule has 4 aromatic heterocycles. The topological polar surface area (TPSA) is 51.6 Å². The van der Waals surface area contributed by atoms with Gasteiger partial charge in [-0.05, 0) is 84.3 Å². The number of para-hydroxylation sites is 2. The Labute approximate surface area is 278 Å². The van der Waals surface area contributed by atoms with Gasteiger partial charge >= 0.3 is 0 Å². The number of pyridine rings is 4. The fourth-order valence-electron chi connectivity index (χ4n) is 7.32. The predicted molar refractivity (Wildman–Crippen MR) is 199 cm³/mol. The van der Waals surface area contributed by atoms with Crippen LogP contribution in [0.1, 0.15) is 11.1 Å². The maximum absolute atomic E-state index is 5.38. The van der Waals surface area contributed by atoms with E-state index < -0.39 is 0 Å². The van der Waals surface area contributed by atoms with Crippen LogP contribution in [0.4, 0.5) is 0 Å². The van der Waals surface area contributed by atoms with E-state index in [1.54, 1.807) is 0 Å². The minimum Gasteiger partial charge on any atom is -0.256 e. The summed E-state index contributed by atoms with van der Waals surface area (Å²) < 4.78 is 0. The van der Waals surface area contributed by atoms with E-state index in [9.17, 15) is 0 Å². The van der Waals surface area contributed by atoms with Crippen molar-refractivity contribution in [3.63, 3.8) is 0 Å². The average molecular weight is 615 g/mol. The Morgan fingerprint density at radius 1 is 0.375 bits per heavy atom. The van der Waals surface area contributed by atoms with Crippen LogP contribution in [0.2, 0.25) is 0 Å². The van der Waals surface area contributed by atoms with Crippen molar-refractivity contribution < 1.29 is 0 Å². The van der Waals surface area contributed by atoms with E-state index in [-0.39, 0.29) is 0 Å². The Balaban J connectivity index is 1.42. The molecule has 9 aromatic rings. The Bertz CT molecular complexity index is 2490. The zero-order valence-corrected chi connectivity index (χ0v) is 26.6. The van der Waals surface area contributed by atoms with Gasteiger partial charge in [-0.3, -0.25) is 9.97 Å². The van der Waals surface area contributed by atoms with Crippen molar-refractivity contribution in [2.75, 3.05) is 0 Å². The number of aromatic nitrogens is 4. The lowest BCUT2D eigenvalue weighted by Gasteiger charge is -2.21. The summed E-state index contributed by atoms with van der Waals surface area (Å²) in [6, 6.07) is 46.3. The Morgan fingerprint density at radius 2 is 0.792 bits per heavy atom. The Hall–Kier alpha value is -6.26. The van der Waals surface area contributed by atoms with Crippen molar-refractivity contribution in [1.29, 1.82) is 0 Å². The van der Waals surface area contributed by atoms with Gasteiger partial charge in [-0.25, -0.2) is 9.97 Å². The minimum absolute atomic E-state index is 0.942. The van der Waals surface area contributed by atoms with Crippen molar-refractivity contribution in [2.45, 2.75) is 13.8 Å². The molecule has 0 saturated heterocycles. The molecule has 0 atom stereocenters. The van der Waals surface area contributed by atoms with Crippen LogP contribution in [0.5, 0.6) is 0 Å². The molecule has 4 heterocycles. The third kappa shape index (κ3) is 4.45. The SMILES string of the molecule is Cc1c2c(-c3cccc(-c4ccccn4)c3)nc3ccccc3c2c(C)c2c(-c3cccc(-c4ccccn4)c3)nc3ccccc3c12. The third-order valence-electron chi connectivity index (χ3n) is 9.48. The van der Waals surface area contributed by atoms with Crippen LogP contribution < -0.4 is 0 Å². The quantitative estimate of drug-likeness (QED) is 0.146. The van der Waals surface area contributed by atoms with Crippen LogP contribution in [-0.4, -0.2) is 19.9 Å². The summed E-state index contributed by atoms with van der Waals surface area (Å²) >= 11 is 0. The largest absolute Gasteiger partial charge is 0.256 e. The van der Waals surface area contributed by atoms with Gasteiger partial charge in [0, 0.05) is 56.2 Å². The molecule has 5 aromatic carbocycles. The molecule has 0 N–H and O–H groups in total. The van der Waals surface area contributed by atoms with E-state index in [2.05, 4.69) is 133 Å². The molecule has 0 radical (unpaired) electrons. The molecular formula is C44H30N4. The number of nitrogens with zero attached hydrogens (tertiary/aromatic N) is 4. The Kier molecular flexibility index (Phi) is 6.54. The standard InChI is InChI=1S/C44H30N4/c1-27-39-33-17-3-5-21-37(33)48-44(32-16-12-14-30(26-32)36-20-8-10-24-46-36)42(39)28(2)40-34-18-4-6-22-38(34)47-43(41(27)40)31-15-11-13-29(25-31)35-19-7-9-23-45-35/h3-26H,1-2H3. The highest BCUT2D eigenvalue weighted by Gasteiger charge is 2.22. The number of hydrogen-bond donors (Lipinski definition) is 0. The van der Waals surface area contributed by atoms with Crippen molar-refractivity contribution in [3.8, 4) is 45.0 Å². The maximum Gasteiger partial charge on any atom is 0.0791 e. The second-order valence-corrected chi connectivity index (χ2v) is 12.3. The number of rotatable bonds is 4. The summed E-state index contributed by atoms with van der Waals surface area (Å²) in [6.45, 7) is 4.51. The first kappa shape index (κ1) is 28.0. The fourth-order valence-corrected chi connectivity index (χ4v) is 7.32. The molecule has 0 amide bonds. The molecule has 0 spiro atoms. The molecular weight excluding hydrogens is 585 g/mol. The lowest BCUT2D eigenvalue weighted by molar-refractivity contribution is 1.32. The van der Waals surface area contributed by atoms with Crippen LogP contribution in [0.3, 0.4) is 0 Å². The minimum atomic E-state index is 0.942. The highest BCUT2D eigenvalue weighted by Crippen LogP contribution is 2.45. The molecule has 0 aliphatic rings. The molecule has 4 nitrogen and oxygen atoms in total. The summed E-state index contributed by atoms with van der Waals surface area (Å²) in [5.74, 6) is 0. The second kappa shape index (κ2) is 11.2. The van der Waals surface area contributed by atoms with Gasteiger partial charge in [-0.2, -0.15) is 0 Å². The van der Waals surface area contributed by atoms with Gasteiger partial charge < -0.3 is 0 Å². The number of fused-ring (bicyclic) bond motifs is 6. The molecule has 0 saturated carbocycles. The van der Waals surface area contributed by atoms with Crippen LogP contribution in [0, 0.1) is 13.8 Å². The number of benzene rings is 5. The summed E-state index contributed by atoms with van der Waals surface area (Å²) in [4.78, 5) is 20.0. The molecule has 226 valence electrons. The van der Waals surface area contributed by atoms with Crippen molar-refractivity contribution >= 4 is 43.4 Å². The van der Waals surface area contributed by atoms with E-state index in [1.807, 2.05) is 36.7 Å². The highest BCUT2D eigenvalue weighted by atomic mass is 14.7. The summed E-state index contributed by atoms with van der Waals surface area (Å²) in [6.07, 6.45) is 3.68. The van der Waals surface area contributed by atoms with Crippen LogP contribution >= 0.6 is 0 Å². The summed E-state index contributed by atoms with van der Waals surface area (Å²) in [5, 5.41) is 7.04. The smallest absolute Gasteiger partial charge is 0.0791 e. The summed E-state index contributed by atoms with van der Waals surface area (Å²) in [7, 11) is 0. The van der Waals surface area contributed by atoms with Gasteiger partial charge in [-0.15, -0.1) is 0 Å². The maximum atomic E-state index is 5.38. The highest BCUT2D eigenvalue weighted by molar-refractivity contribution is 6.25. The summed E-state index contributed by atoms with van der Waals surface area (Å²) in [5.41, 5.74) is 12.4. The van der Waals surface area contributed by atoms with Crippen molar-refractivity contribution in [3.05, 3.63) is 157 Å². The van der Waals surface area contributed by atoms with Gasteiger partial charge in [-0.1, -0.05) is 84.9 Å². The van der Waals surface area contributed by atoms with Crippen molar-refractivity contribution in [2.24, 2.45) is 0 Å². The zero-order chi connectivity index (χ0) is 32.2. The number of hydrogen-bond acceptors (Lipinski definition) is 4. The molecule has 4 heteroatoms. The monoisotopic (exact) mass is 614 g/mol. The second-order valence-electron chi connectivity index (χ2n) is 12.3. The van der Waals surface area contributed by atoms with E-state index in [0.717, 1.165) is 66.8 Å². The van der Waals surface area contributed by atoms with Crippen LogP contribution in [0.15, 0.2) is 146 Å². The van der Waals surface area contributed by atoms with Gasteiger partial charge in [0.2, 0.25) is 0 Å². The Morgan fingerprint density at radius 3 is 1.23 bits per heavy atom. The number of aryl methyl sites for hydroxylation is 2. The first-order valence-electron chi connectivity index (χ1n) is 16.2. The average Bonchev–Trinajstić information content (AvgIpc) is 3.16. The fraction of sp³-hybridized carbons (Fsp3) is 0.0455.